The minimum atomic E-state index is -4.57. The fourth-order valence-corrected chi connectivity index (χ4v) is 2.47. The van der Waals surface area contributed by atoms with Gasteiger partial charge in [-0.1, -0.05) is 18.2 Å². The molecule has 0 spiro atoms. The molecule has 98 valence electrons. The molecule has 7 heteroatoms. The van der Waals surface area contributed by atoms with Gasteiger partial charge in [0.15, 0.2) is 0 Å². The van der Waals surface area contributed by atoms with Crippen molar-refractivity contribution in [3.05, 3.63) is 38.4 Å². The maximum atomic E-state index is 12.8. The Labute approximate surface area is 120 Å². The van der Waals surface area contributed by atoms with E-state index in [1.54, 1.807) is 0 Å². The molecule has 0 aliphatic heterocycles. The van der Waals surface area contributed by atoms with Crippen LogP contribution < -0.4 is 5.32 Å². The van der Waals surface area contributed by atoms with Crippen LogP contribution in [-0.2, 0) is 11.0 Å². The predicted octanol–water partition coefficient (Wildman–Crippen LogP) is 4.48. The van der Waals surface area contributed by atoms with Gasteiger partial charge in [0.05, 0.1) is 19.8 Å². The second-order valence-corrected chi connectivity index (χ2v) is 5.00. The number of hydrogen-bond acceptors (Lipinski definition) is 1. The highest BCUT2D eigenvalue weighted by Gasteiger charge is 2.36. The lowest BCUT2D eigenvalue weighted by Crippen LogP contribution is -2.16. The Morgan fingerprint density at radius 1 is 1.44 bits per heavy atom. The molecule has 0 radical (unpaired) electrons. The summed E-state index contributed by atoms with van der Waals surface area (Å²) < 4.78 is 38.1. The molecule has 0 aromatic heterocycles. The summed E-state index contributed by atoms with van der Waals surface area (Å²) >= 11 is 7.03. The monoisotopic (exact) mass is 389 g/mol. The fraction of sp³-hybridized carbons (Fsp3) is 0.182. The number of carbonyl (C=O) groups excluding carboxylic acids is 1. The molecule has 0 aliphatic carbocycles. The lowest BCUT2D eigenvalue weighted by Gasteiger charge is -2.15. The Kier molecular flexibility index (Phi) is 4.66. The largest absolute Gasteiger partial charge is 0.418 e. The number of benzene rings is 1. The Bertz CT molecular complexity index is 514. The third kappa shape index (κ3) is 3.38. The Hall–Kier alpha value is -0.760. The van der Waals surface area contributed by atoms with Crippen LogP contribution in [0.2, 0.25) is 5.02 Å². The SMILES string of the molecule is C=C(C)C(=O)Nc1ccc(Cl)c(C(F)(F)F)c1I. The van der Waals surface area contributed by atoms with Gasteiger partial charge in [0.1, 0.15) is 0 Å². The van der Waals surface area contributed by atoms with E-state index in [9.17, 15) is 18.0 Å². The van der Waals surface area contributed by atoms with E-state index in [-0.39, 0.29) is 14.8 Å². The summed E-state index contributed by atoms with van der Waals surface area (Å²) in [7, 11) is 0. The van der Waals surface area contributed by atoms with Crippen LogP contribution in [0.3, 0.4) is 0 Å². The van der Waals surface area contributed by atoms with Crippen LogP contribution in [0.5, 0.6) is 0 Å². The van der Waals surface area contributed by atoms with Gasteiger partial charge in [-0.15, -0.1) is 0 Å². The van der Waals surface area contributed by atoms with Crippen LogP contribution in [0, 0.1) is 3.57 Å². The van der Waals surface area contributed by atoms with Gasteiger partial charge in [-0.2, -0.15) is 13.2 Å². The lowest BCUT2D eigenvalue weighted by molar-refractivity contribution is -0.138. The van der Waals surface area contributed by atoms with Crippen molar-refractivity contribution >= 4 is 45.8 Å². The van der Waals surface area contributed by atoms with Gasteiger partial charge in [-0.3, -0.25) is 4.79 Å². The van der Waals surface area contributed by atoms with Crippen LogP contribution in [-0.4, -0.2) is 5.91 Å². The van der Waals surface area contributed by atoms with Crippen molar-refractivity contribution < 1.29 is 18.0 Å². The molecule has 1 N–H and O–H groups in total. The average Bonchev–Trinajstić information content (AvgIpc) is 2.20. The standard InChI is InChI=1S/C11H8ClF3INO/c1-5(2)10(18)17-7-4-3-6(12)8(9(7)16)11(13,14)15/h3-4H,1H2,2H3,(H,17,18). The summed E-state index contributed by atoms with van der Waals surface area (Å²) in [6, 6.07) is 2.42. The zero-order chi connectivity index (χ0) is 14.1. The Balaban J connectivity index is 3.26. The molecule has 2 nitrogen and oxygen atoms in total. The van der Waals surface area contributed by atoms with Crippen molar-refractivity contribution in [3.63, 3.8) is 0 Å². The molecule has 0 bridgehead atoms. The topological polar surface area (TPSA) is 29.1 Å². The lowest BCUT2D eigenvalue weighted by atomic mass is 10.2. The number of anilines is 1. The van der Waals surface area contributed by atoms with E-state index in [1.807, 2.05) is 0 Å². The smallest absolute Gasteiger partial charge is 0.321 e. The maximum absolute atomic E-state index is 12.8. The van der Waals surface area contributed by atoms with Gasteiger partial charge >= 0.3 is 6.18 Å². The Morgan fingerprint density at radius 3 is 2.44 bits per heavy atom. The molecular weight excluding hydrogens is 381 g/mol. The number of halogens is 5. The van der Waals surface area contributed by atoms with E-state index in [0.29, 0.717) is 0 Å². The van der Waals surface area contributed by atoms with Crippen molar-refractivity contribution in [1.82, 2.24) is 0 Å². The molecule has 0 saturated heterocycles. The maximum Gasteiger partial charge on any atom is 0.418 e. The number of nitrogens with one attached hydrogen (secondary N) is 1. The number of carbonyl (C=O) groups is 1. The van der Waals surface area contributed by atoms with Gasteiger partial charge in [0.25, 0.3) is 5.91 Å². The average molecular weight is 390 g/mol. The summed E-state index contributed by atoms with van der Waals surface area (Å²) in [5.41, 5.74) is -0.695. The number of alkyl halides is 3. The van der Waals surface area contributed by atoms with E-state index < -0.39 is 22.7 Å². The minimum absolute atomic E-state index is 0.0559. The normalized spacial score (nSPS) is 11.2. The van der Waals surface area contributed by atoms with Gasteiger partial charge in [-0.05, 0) is 41.6 Å². The van der Waals surface area contributed by atoms with E-state index in [0.717, 1.165) is 6.07 Å². The van der Waals surface area contributed by atoms with Crippen molar-refractivity contribution in [1.29, 1.82) is 0 Å². The Morgan fingerprint density at radius 2 is 2.00 bits per heavy atom. The molecule has 0 heterocycles. The molecule has 0 unspecified atom stereocenters. The third-order valence-corrected chi connectivity index (χ3v) is 3.45. The molecule has 1 rings (SSSR count). The van der Waals surface area contributed by atoms with Crippen molar-refractivity contribution in [2.24, 2.45) is 0 Å². The second kappa shape index (κ2) is 5.48. The molecule has 1 aromatic rings. The van der Waals surface area contributed by atoms with Crippen molar-refractivity contribution in [2.45, 2.75) is 13.1 Å². The second-order valence-electron chi connectivity index (χ2n) is 3.52. The highest BCUT2D eigenvalue weighted by molar-refractivity contribution is 14.1. The highest BCUT2D eigenvalue weighted by Crippen LogP contribution is 2.40. The van der Waals surface area contributed by atoms with Gasteiger partial charge in [0, 0.05) is 5.57 Å². The number of hydrogen-bond donors (Lipinski definition) is 1. The molecule has 0 aliphatic rings. The minimum Gasteiger partial charge on any atom is -0.321 e. The van der Waals surface area contributed by atoms with Gasteiger partial charge in [-0.25, -0.2) is 0 Å². The van der Waals surface area contributed by atoms with Crippen molar-refractivity contribution in [2.75, 3.05) is 5.32 Å². The van der Waals surface area contributed by atoms with Crippen LogP contribution >= 0.6 is 34.2 Å². The molecule has 0 fully saturated rings. The number of rotatable bonds is 2. The molecule has 18 heavy (non-hydrogen) atoms. The van der Waals surface area contributed by atoms with Gasteiger partial charge < -0.3 is 5.32 Å². The van der Waals surface area contributed by atoms with E-state index in [1.165, 1.54) is 35.6 Å². The van der Waals surface area contributed by atoms with Crippen LogP contribution in [0.1, 0.15) is 12.5 Å². The first kappa shape index (κ1) is 15.3. The van der Waals surface area contributed by atoms with Crippen LogP contribution in [0.25, 0.3) is 0 Å². The first-order valence-corrected chi connectivity index (χ1v) is 6.12. The zero-order valence-corrected chi connectivity index (χ0v) is 12.1. The van der Waals surface area contributed by atoms with E-state index >= 15 is 0 Å². The molecular formula is C11H8ClF3INO. The van der Waals surface area contributed by atoms with Crippen LogP contribution in [0.15, 0.2) is 24.3 Å². The summed E-state index contributed by atoms with van der Waals surface area (Å²) in [4.78, 5) is 11.4. The van der Waals surface area contributed by atoms with E-state index in [4.69, 9.17) is 11.6 Å². The molecule has 1 aromatic carbocycles. The number of amides is 1. The molecule has 0 atom stereocenters. The summed E-state index contributed by atoms with van der Waals surface area (Å²) in [6.45, 7) is 4.87. The first-order valence-electron chi connectivity index (χ1n) is 4.66. The summed E-state index contributed by atoms with van der Waals surface area (Å²) in [5, 5.41) is 1.94. The summed E-state index contributed by atoms with van der Waals surface area (Å²) in [6.07, 6.45) is -4.57. The fourth-order valence-electron chi connectivity index (χ4n) is 1.14. The molecule has 1 amide bonds. The van der Waals surface area contributed by atoms with Gasteiger partial charge in [0.2, 0.25) is 0 Å². The first-order chi connectivity index (χ1) is 8.14. The van der Waals surface area contributed by atoms with Crippen LogP contribution in [0.4, 0.5) is 18.9 Å². The van der Waals surface area contributed by atoms with E-state index in [2.05, 4.69) is 11.9 Å². The third-order valence-electron chi connectivity index (χ3n) is 2.01. The zero-order valence-electron chi connectivity index (χ0n) is 9.16. The summed E-state index contributed by atoms with van der Waals surface area (Å²) in [5.74, 6) is -0.539. The molecule has 0 saturated carbocycles. The highest BCUT2D eigenvalue weighted by atomic mass is 127. The predicted molar refractivity (Wildman–Crippen MR) is 72.6 cm³/mol. The quantitative estimate of drug-likeness (QED) is 0.586. The van der Waals surface area contributed by atoms with Crippen molar-refractivity contribution in [3.8, 4) is 0 Å².